The van der Waals surface area contributed by atoms with Crippen LogP contribution in [0.3, 0.4) is 0 Å². The summed E-state index contributed by atoms with van der Waals surface area (Å²) in [4.78, 5) is 0. The Balaban J connectivity index is 2.71. The maximum atomic E-state index is 8.87. The molecule has 78 valence electrons. The van der Waals surface area contributed by atoms with Crippen LogP contribution in [0.15, 0.2) is 34.8 Å². The molecule has 15 heavy (non-hydrogen) atoms. The number of hydrogen-bond donors (Lipinski definition) is 1. The van der Waals surface area contributed by atoms with Gasteiger partial charge in [0.05, 0.1) is 11.3 Å². The van der Waals surface area contributed by atoms with Gasteiger partial charge >= 0.3 is 0 Å². The number of nitrogens with zero attached hydrogens (tertiary/aromatic N) is 1. The van der Waals surface area contributed by atoms with E-state index in [4.69, 9.17) is 16.9 Å². The number of rotatable bonds is 4. The number of allylic oxidation sites excluding steroid dienone is 1. The molecule has 2 nitrogen and oxygen atoms in total. The van der Waals surface area contributed by atoms with Crippen molar-refractivity contribution in [2.45, 2.75) is 0 Å². The van der Waals surface area contributed by atoms with Gasteiger partial charge in [-0.05, 0) is 18.2 Å². The molecule has 1 rings (SSSR count). The maximum absolute atomic E-state index is 8.87. The van der Waals surface area contributed by atoms with E-state index in [2.05, 4.69) is 27.3 Å². The molecule has 0 aliphatic carbocycles. The molecule has 0 saturated carbocycles. The minimum atomic E-state index is 0.505. The summed E-state index contributed by atoms with van der Waals surface area (Å²) in [6.45, 7) is 0.665. The van der Waals surface area contributed by atoms with Crippen LogP contribution in [0.1, 0.15) is 5.56 Å². The van der Waals surface area contributed by atoms with Crippen LogP contribution in [-0.2, 0) is 0 Å². The summed E-state index contributed by atoms with van der Waals surface area (Å²) in [5, 5.41) is 12.0. The molecule has 0 bridgehead atoms. The van der Waals surface area contributed by atoms with Gasteiger partial charge in [0, 0.05) is 16.9 Å². The zero-order chi connectivity index (χ0) is 11.1. The number of halogens is 2. The highest BCUT2D eigenvalue weighted by Crippen LogP contribution is 2.20. The smallest absolute Gasteiger partial charge is 0.101 e. The van der Waals surface area contributed by atoms with Gasteiger partial charge in [0.15, 0.2) is 0 Å². The van der Waals surface area contributed by atoms with Crippen molar-refractivity contribution < 1.29 is 0 Å². The maximum Gasteiger partial charge on any atom is 0.101 e. The summed E-state index contributed by atoms with van der Waals surface area (Å²) in [6.07, 6.45) is 3.79. The molecule has 1 aromatic carbocycles. The Labute approximate surface area is 103 Å². The van der Waals surface area contributed by atoms with Gasteiger partial charge in [0.25, 0.3) is 0 Å². The molecular weight excluding hydrogens is 275 g/mol. The molecule has 1 N–H and O–H groups in total. The van der Waals surface area contributed by atoms with Crippen molar-refractivity contribution in [2.24, 2.45) is 0 Å². The number of alkyl halides is 1. The molecule has 0 saturated heterocycles. The van der Waals surface area contributed by atoms with Crippen LogP contribution in [0.25, 0.3) is 0 Å². The van der Waals surface area contributed by atoms with Crippen LogP contribution < -0.4 is 5.32 Å². The second-order valence-corrected chi connectivity index (χ2v) is 4.03. The summed E-state index contributed by atoms with van der Waals surface area (Å²) < 4.78 is 0.949. The zero-order valence-corrected chi connectivity index (χ0v) is 10.3. The van der Waals surface area contributed by atoms with Crippen molar-refractivity contribution in [3.63, 3.8) is 0 Å². The number of anilines is 1. The van der Waals surface area contributed by atoms with Crippen LogP contribution in [0.4, 0.5) is 5.69 Å². The first kappa shape index (κ1) is 12.1. The predicted molar refractivity (Wildman–Crippen MR) is 67.2 cm³/mol. The van der Waals surface area contributed by atoms with E-state index in [9.17, 15) is 0 Å². The van der Waals surface area contributed by atoms with Gasteiger partial charge in [-0.25, -0.2) is 0 Å². The van der Waals surface area contributed by atoms with Gasteiger partial charge in [0.1, 0.15) is 6.07 Å². The van der Waals surface area contributed by atoms with Crippen LogP contribution in [-0.4, -0.2) is 12.4 Å². The monoisotopic (exact) mass is 284 g/mol. The normalized spacial score (nSPS) is 10.2. The molecule has 0 fully saturated rings. The summed E-state index contributed by atoms with van der Waals surface area (Å²) >= 11 is 8.85. The first-order chi connectivity index (χ1) is 7.27. The van der Waals surface area contributed by atoms with E-state index >= 15 is 0 Å². The SMILES string of the molecule is N#Cc1ccc(Br)cc1NC/C=C/CCl. The van der Waals surface area contributed by atoms with E-state index in [1.807, 2.05) is 24.3 Å². The molecule has 0 unspecified atom stereocenters. The van der Waals surface area contributed by atoms with E-state index in [1.54, 1.807) is 6.07 Å². The molecule has 0 amide bonds. The zero-order valence-electron chi connectivity index (χ0n) is 8.00. The van der Waals surface area contributed by atoms with Crippen molar-refractivity contribution in [3.05, 3.63) is 40.4 Å². The average molecular weight is 286 g/mol. The number of nitrogens with one attached hydrogen (secondary N) is 1. The van der Waals surface area contributed by atoms with Gasteiger partial charge < -0.3 is 5.32 Å². The second kappa shape index (κ2) is 6.49. The van der Waals surface area contributed by atoms with Crippen LogP contribution in [0.2, 0.25) is 0 Å². The third kappa shape index (κ3) is 3.94. The third-order valence-corrected chi connectivity index (χ3v) is 2.44. The van der Waals surface area contributed by atoms with Crippen LogP contribution >= 0.6 is 27.5 Å². The van der Waals surface area contributed by atoms with Crippen LogP contribution in [0.5, 0.6) is 0 Å². The van der Waals surface area contributed by atoms with Crippen molar-refractivity contribution in [3.8, 4) is 6.07 Å². The van der Waals surface area contributed by atoms with Gasteiger partial charge in [-0.3, -0.25) is 0 Å². The lowest BCUT2D eigenvalue weighted by Gasteiger charge is -2.05. The van der Waals surface area contributed by atoms with Crippen molar-refractivity contribution >= 4 is 33.2 Å². The summed E-state index contributed by atoms with van der Waals surface area (Å²) in [5.41, 5.74) is 1.46. The quantitative estimate of drug-likeness (QED) is 0.678. The first-order valence-corrected chi connectivity index (χ1v) is 5.75. The van der Waals surface area contributed by atoms with Crippen molar-refractivity contribution in [2.75, 3.05) is 17.7 Å². The minimum absolute atomic E-state index is 0.505. The lowest BCUT2D eigenvalue weighted by atomic mass is 10.2. The lowest BCUT2D eigenvalue weighted by Crippen LogP contribution is -2.00. The Morgan fingerprint density at radius 2 is 2.27 bits per heavy atom. The standard InChI is InChI=1S/C11H10BrClN2/c12-10-4-3-9(8-14)11(7-10)15-6-2-1-5-13/h1-4,7,15H,5-6H2/b2-1+. The lowest BCUT2D eigenvalue weighted by molar-refractivity contribution is 1.31. The van der Waals surface area contributed by atoms with Crippen LogP contribution in [0, 0.1) is 11.3 Å². The highest BCUT2D eigenvalue weighted by atomic mass is 79.9. The topological polar surface area (TPSA) is 35.8 Å². The Morgan fingerprint density at radius 3 is 2.93 bits per heavy atom. The van der Waals surface area contributed by atoms with Crippen molar-refractivity contribution in [1.29, 1.82) is 5.26 Å². The fourth-order valence-corrected chi connectivity index (χ4v) is 1.56. The molecule has 0 radical (unpaired) electrons. The Kier molecular flexibility index (Phi) is 5.23. The Hall–Kier alpha value is -0.980. The molecule has 0 heterocycles. The summed E-state index contributed by atoms with van der Waals surface area (Å²) in [5.74, 6) is 0.505. The Morgan fingerprint density at radius 1 is 1.47 bits per heavy atom. The first-order valence-electron chi connectivity index (χ1n) is 4.42. The largest absolute Gasteiger partial charge is 0.380 e. The number of benzene rings is 1. The highest BCUT2D eigenvalue weighted by Gasteiger charge is 2.00. The van der Waals surface area contributed by atoms with E-state index in [0.29, 0.717) is 18.0 Å². The van der Waals surface area contributed by atoms with E-state index in [-0.39, 0.29) is 0 Å². The predicted octanol–water partition coefficient (Wildman–Crippen LogP) is 3.53. The molecule has 0 aliphatic rings. The Bertz CT molecular complexity index is 396. The number of hydrogen-bond acceptors (Lipinski definition) is 2. The van der Waals surface area contributed by atoms with E-state index in [1.165, 1.54) is 0 Å². The van der Waals surface area contributed by atoms with Gasteiger partial charge in [-0.2, -0.15) is 5.26 Å². The van der Waals surface area contributed by atoms with Gasteiger partial charge in [0.2, 0.25) is 0 Å². The van der Waals surface area contributed by atoms with Gasteiger partial charge in [-0.15, -0.1) is 11.6 Å². The molecule has 0 atom stereocenters. The number of nitriles is 1. The molecule has 1 aromatic rings. The molecule has 0 spiro atoms. The fourth-order valence-electron chi connectivity index (χ4n) is 1.08. The molecule has 4 heteroatoms. The average Bonchev–Trinajstić information content (AvgIpc) is 2.25. The second-order valence-electron chi connectivity index (χ2n) is 2.81. The van der Waals surface area contributed by atoms with Gasteiger partial charge in [-0.1, -0.05) is 28.1 Å². The third-order valence-electron chi connectivity index (χ3n) is 1.77. The summed E-state index contributed by atoms with van der Waals surface area (Å²) in [6, 6.07) is 7.63. The van der Waals surface area contributed by atoms with Crippen molar-refractivity contribution in [1.82, 2.24) is 0 Å². The minimum Gasteiger partial charge on any atom is -0.380 e. The fraction of sp³-hybridized carbons (Fsp3) is 0.182. The molecular formula is C11H10BrClN2. The van der Waals surface area contributed by atoms with E-state index in [0.717, 1.165) is 10.2 Å². The van der Waals surface area contributed by atoms with E-state index < -0.39 is 0 Å². The molecule has 0 aliphatic heterocycles. The highest BCUT2D eigenvalue weighted by molar-refractivity contribution is 9.10. The molecule has 0 aromatic heterocycles. The summed E-state index contributed by atoms with van der Waals surface area (Å²) in [7, 11) is 0.